The van der Waals surface area contributed by atoms with Gasteiger partial charge in [-0.25, -0.2) is 0 Å². The van der Waals surface area contributed by atoms with E-state index in [4.69, 9.17) is 6.42 Å². The SMILES string of the molecule is C#CC(CC)NCc1ccc(OC(F)(F)F)c(Br)c1. The Labute approximate surface area is 118 Å². The third-order valence-electron chi connectivity index (χ3n) is 2.38. The molecule has 0 aliphatic rings. The monoisotopic (exact) mass is 335 g/mol. The maximum absolute atomic E-state index is 12.1. The number of halogens is 4. The molecule has 1 atom stereocenters. The van der Waals surface area contributed by atoms with Crippen LogP contribution in [0.2, 0.25) is 0 Å². The third kappa shape index (κ3) is 5.53. The van der Waals surface area contributed by atoms with Gasteiger partial charge in [0.1, 0.15) is 5.75 Å². The van der Waals surface area contributed by atoms with Gasteiger partial charge in [-0.15, -0.1) is 19.6 Å². The predicted octanol–water partition coefficient (Wildman–Crippen LogP) is 3.85. The van der Waals surface area contributed by atoms with Crippen LogP contribution >= 0.6 is 15.9 Å². The molecular weight excluding hydrogens is 323 g/mol. The van der Waals surface area contributed by atoms with Gasteiger partial charge < -0.3 is 4.74 Å². The van der Waals surface area contributed by atoms with Gasteiger partial charge in [0.2, 0.25) is 0 Å². The lowest BCUT2D eigenvalue weighted by molar-refractivity contribution is -0.274. The second kappa shape index (κ2) is 6.83. The number of nitrogens with one attached hydrogen (secondary N) is 1. The Hall–Kier alpha value is -1.19. The Morgan fingerprint density at radius 3 is 2.63 bits per heavy atom. The quantitative estimate of drug-likeness (QED) is 0.825. The summed E-state index contributed by atoms with van der Waals surface area (Å²) in [4.78, 5) is 0. The highest BCUT2D eigenvalue weighted by molar-refractivity contribution is 9.10. The van der Waals surface area contributed by atoms with Crippen LogP contribution in [0, 0.1) is 12.3 Å². The number of rotatable bonds is 5. The fourth-order valence-electron chi connectivity index (χ4n) is 1.42. The molecule has 6 heteroatoms. The highest BCUT2D eigenvalue weighted by Gasteiger charge is 2.31. The normalized spacial score (nSPS) is 12.8. The van der Waals surface area contributed by atoms with Crippen LogP contribution in [0.5, 0.6) is 5.75 Å². The zero-order chi connectivity index (χ0) is 14.5. The molecule has 0 fully saturated rings. The smallest absolute Gasteiger partial charge is 0.405 e. The van der Waals surface area contributed by atoms with Crippen LogP contribution in [0.3, 0.4) is 0 Å². The molecule has 0 bridgehead atoms. The minimum atomic E-state index is -4.70. The second-order valence-electron chi connectivity index (χ2n) is 3.82. The topological polar surface area (TPSA) is 21.3 Å². The Balaban J connectivity index is 2.69. The molecule has 0 saturated carbocycles. The molecule has 1 aromatic rings. The van der Waals surface area contributed by atoms with Crippen LogP contribution in [0.25, 0.3) is 0 Å². The van der Waals surface area contributed by atoms with E-state index in [-0.39, 0.29) is 16.3 Å². The van der Waals surface area contributed by atoms with Crippen molar-refractivity contribution in [2.75, 3.05) is 0 Å². The van der Waals surface area contributed by atoms with Crippen molar-refractivity contribution in [1.29, 1.82) is 0 Å². The maximum atomic E-state index is 12.1. The summed E-state index contributed by atoms with van der Waals surface area (Å²) >= 11 is 3.05. The van der Waals surface area contributed by atoms with E-state index in [0.29, 0.717) is 6.54 Å². The number of alkyl halides is 3. The van der Waals surface area contributed by atoms with Crippen LogP contribution < -0.4 is 10.1 Å². The van der Waals surface area contributed by atoms with Crippen molar-refractivity contribution in [1.82, 2.24) is 5.32 Å². The van der Waals surface area contributed by atoms with Gasteiger partial charge in [-0.05, 0) is 40.0 Å². The minimum absolute atomic E-state index is 0.0510. The van der Waals surface area contributed by atoms with Gasteiger partial charge in [-0.2, -0.15) is 0 Å². The van der Waals surface area contributed by atoms with E-state index < -0.39 is 6.36 Å². The molecule has 0 heterocycles. The summed E-state index contributed by atoms with van der Waals surface area (Å²) < 4.78 is 40.4. The molecule has 0 amide bonds. The van der Waals surface area contributed by atoms with Crippen molar-refractivity contribution < 1.29 is 17.9 Å². The second-order valence-corrected chi connectivity index (χ2v) is 4.68. The molecule has 0 radical (unpaired) electrons. The van der Waals surface area contributed by atoms with Gasteiger partial charge in [0, 0.05) is 6.54 Å². The molecule has 0 aliphatic carbocycles. The molecule has 2 nitrogen and oxygen atoms in total. The van der Waals surface area contributed by atoms with Crippen molar-refractivity contribution in [3.05, 3.63) is 28.2 Å². The number of terminal acetylenes is 1. The Bertz CT molecular complexity index is 468. The number of hydrogen-bond donors (Lipinski definition) is 1. The lowest BCUT2D eigenvalue weighted by Gasteiger charge is -2.13. The first-order valence-electron chi connectivity index (χ1n) is 5.59. The molecule has 1 rings (SSSR count). The fourth-order valence-corrected chi connectivity index (χ4v) is 1.93. The minimum Gasteiger partial charge on any atom is -0.405 e. The van der Waals surface area contributed by atoms with Crippen molar-refractivity contribution in [3.8, 4) is 18.1 Å². The third-order valence-corrected chi connectivity index (χ3v) is 3.00. The molecule has 0 aromatic heterocycles. The van der Waals surface area contributed by atoms with E-state index in [9.17, 15) is 13.2 Å². The predicted molar refractivity (Wildman–Crippen MR) is 70.6 cm³/mol. The van der Waals surface area contributed by atoms with E-state index >= 15 is 0 Å². The van der Waals surface area contributed by atoms with Crippen LogP contribution in [-0.4, -0.2) is 12.4 Å². The highest BCUT2D eigenvalue weighted by atomic mass is 79.9. The van der Waals surface area contributed by atoms with E-state index in [1.165, 1.54) is 6.07 Å². The van der Waals surface area contributed by atoms with Gasteiger partial charge in [0.05, 0.1) is 10.5 Å². The summed E-state index contributed by atoms with van der Waals surface area (Å²) in [5.41, 5.74) is 0.815. The molecule has 0 aliphatic heterocycles. The van der Waals surface area contributed by atoms with E-state index in [1.807, 2.05) is 6.92 Å². The average Bonchev–Trinajstić information content (AvgIpc) is 2.32. The Morgan fingerprint density at radius 1 is 1.47 bits per heavy atom. The van der Waals surface area contributed by atoms with Crippen molar-refractivity contribution in [2.45, 2.75) is 32.3 Å². The molecular formula is C13H13BrF3NO. The van der Waals surface area contributed by atoms with E-state index in [1.54, 1.807) is 12.1 Å². The van der Waals surface area contributed by atoms with Gasteiger partial charge in [-0.1, -0.05) is 18.9 Å². The zero-order valence-corrected chi connectivity index (χ0v) is 11.8. The van der Waals surface area contributed by atoms with Crippen molar-refractivity contribution >= 4 is 15.9 Å². The molecule has 0 spiro atoms. The number of hydrogen-bond acceptors (Lipinski definition) is 2. The van der Waals surface area contributed by atoms with E-state index in [0.717, 1.165) is 12.0 Å². The molecule has 104 valence electrons. The van der Waals surface area contributed by atoms with Gasteiger partial charge in [-0.3, -0.25) is 5.32 Å². The molecule has 1 unspecified atom stereocenters. The average molecular weight is 336 g/mol. The van der Waals surface area contributed by atoms with Gasteiger partial charge in [0.25, 0.3) is 0 Å². The molecule has 0 saturated heterocycles. The Morgan fingerprint density at radius 2 is 2.16 bits per heavy atom. The first-order valence-corrected chi connectivity index (χ1v) is 6.38. The Kier molecular flexibility index (Phi) is 5.70. The van der Waals surface area contributed by atoms with Crippen molar-refractivity contribution in [3.63, 3.8) is 0 Å². The van der Waals surface area contributed by atoms with Crippen LogP contribution in [0.15, 0.2) is 22.7 Å². The zero-order valence-electron chi connectivity index (χ0n) is 10.2. The fraction of sp³-hybridized carbons (Fsp3) is 0.385. The molecule has 1 aromatic carbocycles. The standard InChI is InChI=1S/C13H13BrF3NO/c1-3-10(4-2)18-8-9-5-6-12(11(14)7-9)19-13(15,16)17/h1,5-7,10,18H,4,8H2,2H3. The summed E-state index contributed by atoms with van der Waals surface area (Å²) in [5, 5.41) is 3.11. The first kappa shape index (κ1) is 15.9. The summed E-state index contributed by atoms with van der Waals surface area (Å²) in [6.45, 7) is 2.43. The largest absolute Gasteiger partial charge is 0.573 e. The molecule has 19 heavy (non-hydrogen) atoms. The summed E-state index contributed by atoms with van der Waals surface area (Å²) in [6, 6.07) is 4.34. The van der Waals surface area contributed by atoms with Crippen LogP contribution in [0.1, 0.15) is 18.9 Å². The number of benzene rings is 1. The number of ether oxygens (including phenoxy) is 1. The lowest BCUT2D eigenvalue weighted by atomic mass is 10.2. The van der Waals surface area contributed by atoms with Crippen LogP contribution in [0.4, 0.5) is 13.2 Å². The van der Waals surface area contributed by atoms with Crippen LogP contribution in [-0.2, 0) is 6.54 Å². The maximum Gasteiger partial charge on any atom is 0.573 e. The molecule has 1 N–H and O–H groups in total. The van der Waals surface area contributed by atoms with Gasteiger partial charge >= 0.3 is 6.36 Å². The van der Waals surface area contributed by atoms with Gasteiger partial charge in [0.15, 0.2) is 0 Å². The summed E-state index contributed by atoms with van der Waals surface area (Å²) in [7, 11) is 0. The van der Waals surface area contributed by atoms with E-state index in [2.05, 4.69) is 31.9 Å². The highest BCUT2D eigenvalue weighted by Crippen LogP contribution is 2.31. The first-order chi connectivity index (χ1) is 8.85. The summed E-state index contributed by atoms with van der Waals surface area (Å²) in [5.74, 6) is 2.32. The lowest BCUT2D eigenvalue weighted by Crippen LogP contribution is -2.26. The summed E-state index contributed by atoms with van der Waals surface area (Å²) in [6.07, 6.45) is 1.39. The van der Waals surface area contributed by atoms with Crippen molar-refractivity contribution in [2.24, 2.45) is 0 Å².